The number of fused-ring (bicyclic) bond motifs is 1. The first-order valence-electron chi connectivity index (χ1n) is 9.43. The van der Waals surface area contributed by atoms with Crippen molar-refractivity contribution >= 4 is 17.3 Å². The number of nitrogens with zero attached hydrogens (tertiary/aromatic N) is 1. The maximum atomic E-state index is 13.1. The van der Waals surface area contributed by atoms with Gasteiger partial charge in [0.1, 0.15) is 0 Å². The molecule has 2 atom stereocenters. The van der Waals surface area contributed by atoms with Gasteiger partial charge in [0, 0.05) is 23.8 Å². The lowest BCUT2D eigenvalue weighted by atomic mass is 9.91. The minimum atomic E-state index is 0.0870. The van der Waals surface area contributed by atoms with Gasteiger partial charge in [-0.05, 0) is 43.5 Å². The van der Waals surface area contributed by atoms with Gasteiger partial charge < -0.3 is 10.2 Å². The van der Waals surface area contributed by atoms with E-state index in [1.165, 1.54) is 5.56 Å². The van der Waals surface area contributed by atoms with Crippen LogP contribution in [0.3, 0.4) is 0 Å². The molecule has 0 fully saturated rings. The first-order chi connectivity index (χ1) is 12.2. The Hall–Kier alpha value is -2.29. The van der Waals surface area contributed by atoms with Crippen molar-refractivity contribution in [3.05, 3.63) is 60.2 Å². The van der Waals surface area contributed by atoms with Crippen LogP contribution in [-0.2, 0) is 4.79 Å². The smallest absolute Gasteiger partial charge is 0.227 e. The van der Waals surface area contributed by atoms with E-state index in [0.29, 0.717) is 12.5 Å². The fourth-order valence-corrected chi connectivity index (χ4v) is 3.68. The molecule has 1 aliphatic rings. The quantitative estimate of drug-likeness (QED) is 0.702. The Morgan fingerprint density at radius 2 is 1.80 bits per heavy atom. The normalized spacial score (nSPS) is 19.0. The third-order valence-electron chi connectivity index (χ3n) is 4.91. The largest absolute Gasteiger partial charge is 0.382 e. The van der Waals surface area contributed by atoms with E-state index in [1.54, 1.807) is 0 Å². The van der Waals surface area contributed by atoms with E-state index in [-0.39, 0.29) is 11.9 Å². The number of carbonyl (C=O) groups is 1. The Morgan fingerprint density at radius 1 is 1.08 bits per heavy atom. The van der Waals surface area contributed by atoms with Crippen molar-refractivity contribution in [2.45, 2.75) is 58.0 Å². The number of hydrogen-bond donors (Lipinski definition) is 1. The molecule has 0 bridgehead atoms. The van der Waals surface area contributed by atoms with E-state index >= 15 is 0 Å². The van der Waals surface area contributed by atoms with Crippen molar-refractivity contribution in [1.82, 2.24) is 0 Å². The van der Waals surface area contributed by atoms with Crippen molar-refractivity contribution in [3.63, 3.8) is 0 Å². The van der Waals surface area contributed by atoms with Gasteiger partial charge in [-0.25, -0.2) is 0 Å². The summed E-state index contributed by atoms with van der Waals surface area (Å²) in [4.78, 5) is 15.2. The molecule has 1 N–H and O–H groups in total. The summed E-state index contributed by atoms with van der Waals surface area (Å²) in [6, 6.07) is 18.9. The molecule has 0 radical (unpaired) electrons. The SMILES string of the molecule is CCCCCC(=O)N(c1ccccc1)[C@@H]1C[C@@H](C)Nc2ccccc21. The van der Waals surface area contributed by atoms with Crippen LogP contribution in [0.25, 0.3) is 0 Å². The molecule has 1 amide bonds. The van der Waals surface area contributed by atoms with E-state index in [4.69, 9.17) is 0 Å². The van der Waals surface area contributed by atoms with Gasteiger partial charge >= 0.3 is 0 Å². The fourth-order valence-electron chi connectivity index (χ4n) is 3.68. The Kier molecular flexibility index (Phi) is 5.75. The summed E-state index contributed by atoms with van der Waals surface area (Å²) < 4.78 is 0. The topological polar surface area (TPSA) is 32.3 Å². The van der Waals surface area contributed by atoms with Crippen LogP contribution in [0.4, 0.5) is 11.4 Å². The van der Waals surface area contributed by atoms with Crippen LogP contribution in [0.5, 0.6) is 0 Å². The molecule has 1 heterocycles. The second-order valence-corrected chi connectivity index (χ2v) is 6.94. The predicted molar refractivity (Wildman–Crippen MR) is 105 cm³/mol. The van der Waals surface area contributed by atoms with E-state index in [0.717, 1.165) is 37.1 Å². The number of benzene rings is 2. The molecule has 0 saturated carbocycles. The van der Waals surface area contributed by atoms with Gasteiger partial charge in [0.15, 0.2) is 0 Å². The van der Waals surface area contributed by atoms with Gasteiger partial charge in [-0.1, -0.05) is 56.2 Å². The van der Waals surface area contributed by atoms with E-state index in [9.17, 15) is 4.79 Å². The first kappa shape index (κ1) is 17.5. The van der Waals surface area contributed by atoms with E-state index < -0.39 is 0 Å². The van der Waals surface area contributed by atoms with Crippen LogP contribution in [-0.4, -0.2) is 11.9 Å². The summed E-state index contributed by atoms with van der Waals surface area (Å²) in [5.74, 6) is 0.230. The molecule has 3 nitrogen and oxygen atoms in total. The van der Waals surface area contributed by atoms with Gasteiger partial charge in [-0.2, -0.15) is 0 Å². The predicted octanol–water partition coefficient (Wildman–Crippen LogP) is 5.55. The number of hydrogen-bond acceptors (Lipinski definition) is 2. The van der Waals surface area contributed by atoms with Crippen molar-refractivity contribution in [3.8, 4) is 0 Å². The van der Waals surface area contributed by atoms with Crippen LogP contribution in [0, 0.1) is 0 Å². The number of amides is 1. The third-order valence-corrected chi connectivity index (χ3v) is 4.91. The summed E-state index contributed by atoms with van der Waals surface area (Å²) in [6.07, 6.45) is 4.73. The van der Waals surface area contributed by atoms with Crippen molar-refractivity contribution in [2.75, 3.05) is 10.2 Å². The second kappa shape index (κ2) is 8.19. The number of nitrogens with one attached hydrogen (secondary N) is 1. The molecular weight excluding hydrogens is 308 g/mol. The fraction of sp³-hybridized carbons (Fsp3) is 0.409. The van der Waals surface area contributed by atoms with Gasteiger partial charge in [0.25, 0.3) is 0 Å². The van der Waals surface area contributed by atoms with E-state index in [1.807, 2.05) is 35.2 Å². The highest BCUT2D eigenvalue weighted by Gasteiger charge is 2.32. The lowest BCUT2D eigenvalue weighted by Crippen LogP contribution is -2.40. The lowest BCUT2D eigenvalue weighted by Gasteiger charge is -2.39. The number of rotatable bonds is 6. The molecule has 2 aromatic rings. The van der Waals surface area contributed by atoms with Gasteiger partial charge in [0.05, 0.1) is 6.04 Å². The van der Waals surface area contributed by atoms with Crippen LogP contribution < -0.4 is 10.2 Å². The van der Waals surface area contributed by atoms with E-state index in [2.05, 4.69) is 43.4 Å². The first-order valence-corrected chi connectivity index (χ1v) is 9.43. The highest BCUT2D eigenvalue weighted by molar-refractivity contribution is 5.94. The number of unbranched alkanes of at least 4 members (excludes halogenated alkanes) is 2. The van der Waals surface area contributed by atoms with Gasteiger partial charge in [-0.15, -0.1) is 0 Å². The standard InChI is InChI=1S/C22H28N2O/c1-3-4-6-15-22(25)24(18-11-7-5-8-12-18)21-16-17(2)23-20-14-10-9-13-19(20)21/h5,7-14,17,21,23H,3-4,6,15-16H2,1-2H3/t17-,21-/m1/s1. The second-order valence-electron chi connectivity index (χ2n) is 6.94. The third kappa shape index (κ3) is 4.04. The zero-order chi connectivity index (χ0) is 17.6. The molecular formula is C22H28N2O. The summed E-state index contributed by atoms with van der Waals surface area (Å²) in [6.45, 7) is 4.36. The van der Waals surface area contributed by atoms with Crippen molar-refractivity contribution in [1.29, 1.82) is 0 Å². The minimum absolute atomic E-state index is 0.0870. The Balaban J connectivity index is 1.96. The zero-order valence-corrected chi connectivity index (χ0v) is 15.2. The van der Waals surface area contributed by atoms with Crippen LogP contribution >= 0.6 is 0 Å². The Morgan fingerprint density at radius 3 is 2.56 bits per heavy atom. The summed E-state index contributed by atoms with van der Waals surface area (Å²) in [5, 5.41) is 3.55. The molecule has 0 spiro atoms. The molecule has 0 saturated heterocycles. The molecule has 3 heteroatoms. The van der Waals surface area contributed by atoms with Crippen LogP contribution in [0.1, 0.15) is 57.6 Å². The summed E-state index contributed by atoms with van der Waals surface area (Å²) in [7, 11) is 0. The zero-order valence-electron chi connectivity index (χ0n) is 15.2. The van der Waals surface area contributed by atoms with Crippen molar-refractivity contribution < 1.29 is 4.79 Å². The summed E-state index contributed by atoms with van der Waals surface area (Å²) in [5.41, 5.74) is 3.36. The monoisotopic (exact) mass is 336 g/mol. The number of anilines is 2. The molecule has 25 heavy (non-hydrogen) atoms. The average Bonchev–Trinajstić information content (AvgIpc) is 2.63. The molecule has 3 rings (SSSR count). The maximum absolute atomic E-state index is 13.1. The highest BCUT2D eigenvalue weighted by Crippen LogP contribution is 2.39. The lowest BCUT2D eigenvalue weighted by molar-refractivity contribution is -0.119. The minimum Gasteiger partial charge on any atom is -0.382 e. The number of para-hydroxylation sites is 2. The summed E-state index contributed by atoms with van der Waals surface area (Å²) >= 11 is 0. The molecule has 0 aliphatic carbocycles. The highest BCUT2D eigenvalue weighted by atomic mass is 16.2. The molecule has 0 aromatic heterocycles. The molecule has 0 unspecified atom stereocenters. The number of carbonyl (C=O) groups excluding carboxylic acids is 1. The average molecular weight is 336 g/mol. The molecule has 132 valence electrons. The van der Waals surface area contributed by atoms with Gasteiger partial charge in [-0.3, -0.25) is 4.79 Å². The Labute approximate surface area is 151 Å². The maximum Gasteiger partial charge on any atom is 0.227 e. The Bertz CT molecular complexity index is 698. The van der Waals surface area contributed by atoms with Crippen molar-refractivity contribution in [2.24, 2.45) is 0 Å². The van der Waals surface area contributed by atoms with Gasteiger partial charge in [0.2, 0.25) is 5.91 Å². The van der Waals surface area contributed by atoms with Crippen LogP contribution in [0.15, 0.2) is 54.6 Å². The molecule has 2 aromatic carbocycles. The van der Waals surface area contributed by atoms with Crippen LogP contribution in [0.2, 0.25) is 0 Å². The molecule has 1 aliphatic heterocycles.